The largest absolute Gasteiger partial charge is 0.147 e. The van der Waals surface area contributed by atoms with Crippen LogP contribution in [0.4, 0.5) is 0 Å². The molecule has 0 aliphatic heterocycles. The second-order valence-electron chi connectivity index (χ2n) is 3.54. The fraction of sp³-hybridized carbons (Fsp3) is 0.600. The molecule has 0 bridgehead atoms. The minimum atomic E-state index is 0.296. The van der Waals surface area contributed by atoms with Crippen molar-refractivity contribution in [1.82, 2.24) is 0 Å². The molecule has 0 saturated heterocycles. The van der Waals surface area contributed by atoms with Crippen LogP contribution < -0.4 is 0 Å². The van der Waals surface area contributed by atoms with E-state index in [1.807, 2.05) is 6.07 Å². The van der Waals surface area contributed by atoms with Gasteiger partial charge in [0.1, 0.15) is 0 Å². The van der Waals surface area contributed by atoms with Crippen LogP contribution in [-0.2, 0) is 0 Å². The first-order chi connectivity index (χ1) is 6.29. The topological polar surface area (TPSA) is 0 Å². The molecule has 0 radical (unpaired) electrons. The Hall–Kier alpha value is 0.280. The molecule has 2 rings (SSSR count). The smallest absolute Gasteiger partial charge is 0.0548 e. The summed E-state index contributed by atoms with van der Waals surface area (Å²) in [4.78, 5) is 1.29. The number of thiophene rings is 1. The van der Waals surface area contributed by atoms with Gasteiger partial charge >= 0.3 is 0 Å². The average molecular weight is 235 g/mol. The molecule has 1 aliphatic carbocycles. The summed E-state index contributed by atoms with van der Waals surface area (Å²) >= 11 is 14.1. The number of alkyl halides is 1. The molecule has 1 aliphatic rings. The first kappa shape index (κ1) is 9.82. The lowest BCUT2D eigenvalue weighted by Crippen LogP contribution is -2.16. The van der Waals surface area contributed by atoms with Gasteiger partial charge in [0.15, 0.2) is 0 Å². The zero-order valence-electron chi connectivity index (χ0n) is 7.30. The van der Waals surface area contributed by atoms with Crippen LogP contribution in [0.1, 0.15) is 36.5 Å². The lowest BCUT2D eigenvalue weighted by atomic mass is 9.88. The Labute approximate surface area is 92.9 Å². The Bertz CT molecular complexity index is 282. The predicted molar refractivity (Wildman–Crippen MR) is 60.2 cm³/mol. The molecule has 1 fully saturated rings. The number of hydrogen-bond donors (Lipinski definition) is 0. The van der Waals surface area contributed by atoms with E-state index in [9.17, 15) is 0 Å². The minimum absolute atomic E-state index is 0.296. The second kappa shape index (κ2) is 4.20. The van der Waals surface area contributed by atoms with E-state index < -0.39 is 0 Å². The minimum Gasteiger partial charge on any atom is -0.147 e. The van der Waals surface area contributed by atoms with Crippen molar-refractivity contribution in [3.63, 3.8) is 0 Å². The van der Waals surface area contributed by atoms with Crippen molar-refractivity contribution in [3.8, 4) is 0 Å². The van der Waals surface area contributed by atoms with E-state index >= 15 is 0 Å². The Morgan fingerprint density at radius 1 is 1.31 bits per heavy atom. The Morgan fingerprint density at radius 2 is 2.08 bits per heavy atom. The van der Waals surface area contributed by atoms with Crippen molar-refractivity contribution in [1.29, 1.82) is 0 Å². The van der Waals surface area contributed by atoms with Crippen LogP contribution in [0.2, 0.25) is 5.02 Å². The highest BCUT2D eigenvalue weighted by Crippen LogP contribution is 2.41. The fourth-order valence-electron chi connectivity index (χ4n) is 1.95. The van der Waals surface area contributed by atoms with E-state index in [1.54, 1.807) is 11.3 Å². The molecule has 0 amide bonds. The highest BCUT2D eigenvalue weighted by Gasteiger charge is 2.26. The molecular formula is C10H12Cl2S. The summed E-state index contributed by atoms with van der Waals surface area (Å²) in [6.45, 7) is 0. The molecule has 0 aromatic carbocycles. The predicted octanol–water partition coefficient (Wildman–Crippen LogP) is 4.67. The van der Waals surface area contributed by atoms with Crippen molar-refractivity contribution < 1.29 is 0 Å². The quantitative estimate of drug-likeness (QED) is 0.620. The fourth-order valence-corrected chi connectivity index (χ4v) is 3.83. The van der Waals surface area contributed by atoms with Crippen molar-refractivity contribution >= 4 is 34.5 Å². The molecule has 0 spiro atoms. The maximum absolute atomic E-state index is 6.29. The maximum atomic E-state index is 6.29. The first-order valence-corrected chi connectivity index (χ1v) is 6.35. The Morgan fingerprint density at radius 3 is 2.69 bits per heavy atom. The van der Waals surface area contributed by atoms with Gasteiger partial charge in [-0.25, -0.2) is 0 Å². The van der Waals surface area contributed by atoms with E-state index in [2.05, 4.69) is 5.38 Å². The zero-order valence-corrected chi connectivity index (χ0v) is 9.63. The normalized spacial score (nSPS) is 29.1. The summed E-state index contributed by atoms with van der Waals surface area (Å²) in [6.07, 6.45) is 4.91. The third kappa shape index (κ3) is 2.03. The van der Waals surface area contributed by atoms with Gasteiger partial charge in [-0.2, -0.15) is 0 Å². The third-order valence-corrected chi connectivity index (χ3v) is 4.68. The van der Waals surface area contributed by atoms with Crippen LogP contribution in [0.25, 0.3) is 0 Å². The highest BCUT2D eigenvalue weighted by molar-refractivity contribution is 7.10. The molecule has 72 valence electrons. The standard InChI is InChI=1S/C10H12Cl2S/c11-8-4-2-1-3-7(8)10-9(12)5-6-13-10/h5-8H,1-4H2. The Balaban J connectivity index is 2.19. The van der Waals surface area contributed by atoms with Crippen molar-refractivity contribution in [3.05, 3.63) is 21.3 Å². The summed E-state index contributed by atoms with van der Waals surface area (Å²) in [5.74, 6) is 0.503. The molecular weight excluding hydrogens is 223 g/mol. The molecule has 1 aromatic rings. The van der Waals surface area contributed by atoms with E-state index in [-0.39, 0.29) is 0 Å². The summed E-state index contributed by atoms with van der Waals surface area (Å²) < 4.78 is 0. The summed E-state index contributed by atoms with van der Waals surface area (Å²) in [5, 5.41) is 3.25. The van der Waals surface area contributed by atoms with Crippen LogP contribution in [0.3, 0.4) is 0 Å². The van der Waals surface area contributed by atoms with Gasteiger partial charge in [-0.15, -0.1) is 22.9 Å². The van der Waals surface area contributed by atoms with Gasteiger partial charge < -0.3 is 0 Å². The molecule has 2 unspecified atom stereocenters. The zero-order chi connectivity index (χ0) is 9.26. The lowest BCUT2D eigenvalue weighted by molar-refractivity contribution is 0.455. The van der Waals surface area contributed by atoms with Crippen molar-refractivity contribution in [2.45, 2.75) is 37.0 Å². The number of rotatable bonds is 1. The van der Waals surface area contributed by atoms with Gasteiger partial charge in [-0.05, 0) is 24.3 Å². The molecule has 3 heteroatoms. The average Bonchev–Trinajstić information content (AvgIpc) is 2.52. The van der Waals surface area contributed by atoms with Crippen LogP contribution in [0.15, 0.2) is 11.4 Å². The second-order valence-corrected chi connectivity index (χ2v) is 5.46. The van der Waals surface area contributed by atoms with Crippen LogP contribution in [0, 0.1) is 0 Å². The highest BCUT2D eigenvalue weighted by atomic mass is 35.5. The number of halogens is 2. The van der Waals surface area contributed by atoms with E-state index in [4.69, 9.17) is 23.2 Å². The maximum Gasteiger partial charge on any atom is 0.0548 e. The molecule has 1 saturated carbocycles. The molecule has 1 aromatic heterocycles. The van der Waals surface area contributed by atoms with Crippen LogP contribution in [-0.4, -0.2) is 5.38 Å². The van der Waals surface area contributed by atoms with Crippen LogP contribution in [0.5, 0.6) is 0 Å². The molecule has 2 atom stereocenters. The third-order valence-electron chi connectivity index (χ3n) is 2.66. The van der Waals surface area contributed by atoms with Crippen molar-refractivity contribution in [2.75, 3.05) is 0 Å². The van der Waals surface area contributed by atoms with Gasteiger partial charge in [0, 0.05) is 16.2 Å². The summed E-state index contributed by atoms with van der Waals surface area (Å²) in [5.41, 5.74) is 0. The van der Waals surface area contributed by atoms with E-state index in [0.29, 0.717) is 11.3 Å². The summed E-state index contributed by atoms with van der Waals surface area (Å²) in [7, 11) is 0. The molecule has 1 heterocycles. The van der Waals surface area contributed by atoms with Gasteiger partial charge in [-0.1, -0.05) is 24.4 Å². The van der Waals surface area contributed by atoms with Crippen LogP contribution >= 0.6 is 34.5 Å². The van der Waals surface area contributed by atoms with Gasteiger partial charge in [0.05, 0.1) is 5.02 Å². The van der Waals surface area contributed by atoms with E-state index in [1.165, 1.54) is 24.1 Å². The SMILES string of the molecule is Clc1ccsc1C1CCCCC1Cl. The molecule has 0 nitrogen and oxygen atoms in total. The van der Waals surface area contributed by atoms with Gasteiger partial charge in [0.2, 0.25) is 0 Å². The molecule has 13 heavy (non-hydrogen) atoms. The van der Waals surface area contributed by atoms with E-state index in [0.717, 1.165) is 11.4 Å². The van der Waals surface area contributed by atoms with Gasteiger partial charge in [0.25, 0.3) is 0 Å². The summed E-state index contributed by atoms with van der Waals surface area (Å²) in [6, 6.07) is 1.97. The van der Waals surface area contributed by atoms with Gasteiger partial charge in [-0.3, -0.25) is 0 Å². The first-order valence-electron chi connectivity index (χ1n) is 4.66. The lowest BCUT2D eigenvalue weighted by Gasteiger charge is -2.26. The monoisotopic (exact) mass is 234 g/mol. The Kier molecular flexibility index (Phi) is 3.18. The number of hydrogen-bond acceptors (Lipinski definition) is 1. The molecule has 0 N–H and O–H groups in total. The van der Waals surface area contributed by atoms with Crippen molar-refractivity contribution in [2.24, 2.45) is 0 Å².